The number of carbonyl (C=O) groups is 2. The van der Waals surface area contributed by atoms with Crippen LogP contribution in [0, 0.1) is 11.3 Å². The number of carbonyl (C=O) groups excluding carboxylic acids is 2. The Kier molecular flexibility index (Phi) is 7.90. The van der Waals surface area contributed by atoms with Crippen molar-refractivity contribution in [3.05, 3.63) is 44.2 Å². The molecular weight excluding hydrogens is 506 g/mol. The molecule has 1 aliphatic carbocycles. The summed E-state index contributed by atoms with van der Waals surface area (Å²) in [6.07, 6.45) is 5.84. The van der Waals surface area contributed by atoms with E-state index in [4.69, 9.17) is 14.2 Å². The van der Waals surface area contributed by atoms with Gasteiger partial charge >= 0.3 is 5.97 Å². The molecule has 178 valence electrons. The van der Waals surface area contributed by atoms with Crippen molar-refractivity contribution >= 4 is 50.2 Å². The number of fused-ring (bicyclic) bond motifs is 1. The zero-order valence-electron chi connectivity index (χ0n) is 19.8. The van der Waals surface area contributed by atoms with Gasteiger partial charge in [-0.1, -0.05) is 20.8 Å². The van der Waals surface area contributed by atoms with E-state index in [0.29, 0.717) is 28.0 Å². The maximum atomic E-state index is 12.7. The first-order valence-corrected chi connectivity index (χ1v) is 12.3. The Morgan fingerprint density at radius 2 is 1.91 bits per heavy atom. The van der Waals surface area contributed by atoms with Crippen LogP contribution in [0.2, 0.25) is 0 Å². The summed E-state index contributed by atoms with van der Waals surface area (Å²) in [5.74, 6) is 0.932. The van der Waals surface area contributed by atoms with Crippen LogP contribution >= 0.6 is 27.3 Å². The predicted octanol–water partition coefficient (Wildman–Crippen LogP) is 6.12. The van der Waals surface area contributed by atoms with E-state index in [1.54, 1.807) is 26.4 Å². The maximum absolute atomic E-state index is 12.7. The molecule has 1 heterocycles. The Balaban J connectivity index is 1.85. The van der Waals surface area contributed by atoms with Gasteiger partial charge in [0.25, 0.3) is 0 Å². The zero-order chi connectivity index (χ0) is 24.3. The Morgan fingerprint density at radius 3 is 2.52 bits per heavy atom. The summed E-state index contributed by atoms with van der Waals surface area (Å²) in [7, 11) is 4.49. The van der Waals surface area contributed by atoms with Crippen molar-refractivity contribution in [2.75, 3.05) is 26.6 Å². The lowest BCUT2D eigenvalue weighted by atomic mass is 9.72. The number of amides is 1. The fourth-order valence-electron chi connectivity index (χ4n) is 4.09. The summed E-state index contributed by atoms with van der Waals surface area (Å²) in [4.78, 5) is 26.5. The molecule has 0 saturated carbocycles. The first-order chi connectivity index (χ1) is 15.6. The van der Waals surface area contributed by atoms with Crippen LogP contribution in [-0.4, -0.2) is 33.2 Å². The topological polar surface area (TPSA) is 73.9 Å². The minimum atomic E-state index is -0.412. The highest BCUT2D eigenvalue weighted by atomic mass is 79.9. The average Bonchev–Trinajstić information content (AvgIpc) is 3.12. The monoisotopic (exact) mass is 535 g/mol. The minimum absolute atomic E-state index is 0.187. The van der Waals surface area contributed by atoms with Gasteiger partial charge < -0.3 is 19.5 Å². The Labute approximate surface area is 207 Å². The number of hydrogen-bond donors (Lipinski definition) is 1. The summed E-state index contributed by atoms with van der Waals surface area (Å²) < 4.78 is 16.4. The van der Waals surface area contributed by atoms with Gasteiger partial charge in [0.15, 0.2) is 11.5 Å². The Morgan fingerprint density at radius 1 is 1.18 bits per heavy atom. The number of rotatable bonds is 6. The van der Waals surface area contributed by atoms with Gasteiger partial charge in [-0.15, -0.1) is 11.3 Å². The lowest BCUT2D eigenvalue weighted by molar-refractivity contribution is -0.111. The third-order valence-electron chi connectivity index (χ3n) is 6.00. The van der Waals surface area contributed by atoms with E-state index in [0.717, 1.165) is 39.7 Å². The normalized spacial score (nSPS) is 15.8. The molecule has 8 heteroatoms. The first-order valence-electron chi connectivity index (χ1n) is 10.7. The molecule has 1 unspecified atom stereocenters. The Hall–Kier alpha value is -2.32. The maximum Gasteiger partial charge on any atom is 0.341 e. The van der Waals surface area contributed by atoms with Gasteiger partial charge in [-0.25, -0.2) is 4.79 Å². The van der Waals surface area contributed by atoms with E-state index in [9.17, 15) is 9.59 Å². The molecule has 1 aromatic carbocycles. The highest BCUT2D eigenvalue weighted by Crippen LogP contribution is 2.44. The molecule has 0 bridgehead atoms. The number of esters is 1. The molecule has 0 radical (unpaired) electrons. The van der Waals surface area contributed by atoms with Crippen molar-refractivity contribution in [3.8, 4) is 11.5 Å². The van der Waals surface area contributed by atoms with Gasteiger partial charge in [0.1, 0.15) is 5.00 Å². The van der Waals surface area contributed by atoms with Crippen molar-refractivity contribution in [2.24, 2.45) is 11.3 Å². The second-order valence-corrected chi connectivity index (χ2v) is 11.0. The standard InChI is InChI=1S/C25H30BrNO5S/c1-25(2,3)15-8-9-16-19(13-15)33-23(21(16)24(29)32-6)27-20(28)10-7-14-11-17(26)22(31-5)18(12-14)30-4/h7,10-12,15H,8-9,13H2,1-6H3,(H,27,28). The van der Waals surface area contributed by atoms with E-state index < -0.39 is 5.97 Å². The van der Waals surface area contributed by atoms with Gasteiger partial charge in [0.2, 0.25) is 5.91 Å². The van der Waals surface area contributed by atoms with Gasteiger partial charge in [-0.05, 0) is 75.9 Å². The second kappa shape index (κ2) is 10.3. The van der Waals surface area contributed by atoms with E-state index in [1.807, 2.05) is 6.07 Å². The fourth-order valence-corrected chi connectivity index (χ4v) is 6.03. The summed E-state index contributed by atoms with van der Waals surface area (Å²) >= 11 is 4.93. The summed E-state index contributed by atoms with van der Waals surface area (Å²) in [6.45, 7) is 6.74. The highest BCUT2D eigenvalue weighted by molar-refractivity contribution is 9.10. The van der Waals surface area contributed by atoms with Gasteiger partial charge in [0, 0.05) is 11.0 Å². The van der Waals surface area contributed by atoms with E-state index in [-0.39, 0.29) is 11.3 Å². The SMILES string of the molecule is COC(=O)c1c(NC(=O)C=Cc2cc(Br)c(OC)c(OC)c2)sc2c1CCC(C(C)(C)C)C2. The van der Waals surface area contributed by atoms with Gasteiger partial charge in [-0.3, -0.25) is 4.79 Å². The second-order valence-electron chi connectivity index (χ2n) is 9.07. The molecule has 0 aliphatic heterocycles. The lowest BCUT2D eigenvalue weighted by Gasteiger charge is -2.33. The van der Waals surface area contributed by atoms with E-state index in [2.05, 4.69) is 42.0 Å². The van der Waals surface area contributed by atoms with Crippen molar-refractivity contribution in [1.82, 2.24) is 0 Å². The van der Waals surface area contributed by atoms with Crippen LogP contribution in [0.1, 0.15) is 53.6 Å². The number of anilines is 1. The number of halogens is 1. The molecule has 2 aromatic rings. The quantitative estimate of drug-likeness (QED) is 0.356. The van der Waals surface area contributed by atoms with Crippen LogP contribution in [0.3, 0.4) is 0 Å². The van der Waals surface area contributed by atoms with Gasteiger partial charge in [-0.2, -0.15) is 0 Å². The van der Waals surface area contributed by atoms with Crippen molar-refractivity contribution in [1.29, 1.82) is 0 Å². The molecule has 3 rings (SSSR count). The van der Waals surface area contributed by atoms with Crippen molar-refractivity contribution in [2.45, 2.75) is 40.0 Å². The van der Waals surface area contributed by atoms with Gasteiger partial charge in [0.05, 0.1) is 31.4 Å². The summed E-state index contributed by atoms with van der Waals surface area (Å²) in [6, 6.07) is 3.62. The Bertz CT molecular complexity index is 1080. The van der Waals surface area contributed by atoms with Crippen LogP contribution in [0.25, 0.3) is 6.08 Å². The van der Waals surface area contributed by atoms with E-state index >= 15 is 0 Å². The molecule has 6 nitrogen and oxygen atoms in total. The molecule has 0 spiro atoms. The predicted molar refractivity (Wildman–Crippen MR) is 136 cm³/mol. The van der Waals surface area contributed by atoms with Crippen LogP contribution in [0.5, 0.6) is 11.5 Å². The molecular formula is C25H30BrNO5S. The number of hydrogen-bond acceptors (Lipinski definition) is 6. The van der Waals surface area contributed by atoms with Crippen LogP contribution in [0.4, 0.5) is 5.00 Å². The third kappa shape index (κ3) is 5.61. The molecule has 1 aliphatic rings. The smallest absolute Gasteiger partial charge is 0.341 e. The largest absolute Gasteiger partial charge is 0.493 e. The van der Waals surface area contributed by atoms with Crippen molar-refractivity contribution < 1.29 is 23.8 Å². The summed E-state index contributed by atoms with van der Waals surface area (Å²) in [5, 5.41) is 3.44. The lowest BCUT2D eigenvalue weighted by Crippen LogP contribution is -2.26. The van der Waals surface area contributed by atoms with Crippen LogP contribution < -0.4 is 14.8 Å². The number of methoxy groups -OCH3 is 3. The fraction of sp³-hybridized carbons (Fsp3) is 0.440. The highest BCUT2D eigenvalue weighted by Gasteiger charge is 2.34. The van der Waals surface area contributed by atoms with Crippen molar-refractivity contribution in [3.63, 3.8) is 0 Å². The summed E-state index contributed by atoms with van der Waals surface area (Å²) in [5.41, 5.74) is 2.45. The number of ether oxygens (including phenoxy) is 3. The molecule has 33 heavy (non-hydrogen) atoms. The number of thiophene rings is 1. The minimum Gasteiger partial charge on any atom is -0.493 e. The third-order valence-corrected chi connectivity index (χ3v) is 7.76. The van der Waals surface area contributed by atoms with Crippen LogP contribution in [-0.2, 0) is 22.4 Å². The average molecular weight is 536 g/mol. The molecule has 1 amide bonds. The molecule has 0 fully saturated rings. The number of nitrogens with one attached hydrogen (secondary N) is 1. The molecule has 1 aromatic heterocycles. The number of benzene rings is 1. The molecule has 0 saturated heterocycles. The molecule has 1 N–H and O–H groups in total. The first kappa shape index (κ1) is 25.3. The van der Waals surface area contributed by atoms with Crippen LogP contribution in [0.15, 0.2) is 22.7 Å². The molecule has 1 atom stereocenters. The van der Waals surface area contributed by atoms with E-state index in [1.165, 1.54) is 24.5 Å². The zero-order valence-corrected chi connectivity index (χ0v) is 22.2.